The number of carbonyl (C=O) groups is 1. The molecule has 2 atom stereocenters. The first-order valence-corrected chi connectivity index (χ1v) is 3.03. The molecule has 0 aliphatic carbocycles. The van der Waals surface area contributed by atoms with Gasteiger partial charge in [0, 0.05) is 0 Å². The number of rotatable bonds is 3. The van der Waals surface area contributed by atoms with Gasteiger partial charge in [-0.15, -0.1) is 0 Å². The summed E-state index contributed by atoms with van der Waals surface area (Å²) in [6.45, 7) is 2.64. The molecule has 9 heavy (non-hydrogen) atoms. The van der Waals surface area contributed by atoms with Crippen LogP contribution in [0.2, 0.25) is 0 Å². The largest absolute Gasteiger partial charge is 0.481 e. The van der Waals surface area contributed by atoms with Crippen molar-refractivity contribution in [3.63, 3.8) is 0 Å². The smallest absolute Gasteiger partial charge is 0.303 e. The molecule has 3 heteroatoms. The van der Waals surface area contributed by atoms with E-state index in [2.05, 4.69) is 0 Å². The second-order valence-electron chi connectivity index (χ2n) is 2.45. The fourth-order valence-electron chi connectivity index (χ4n) is 0.791. The van der Waals surface area contributed by atoms with E-state index in [0.717, 1.165) is 6.61 Å². The highest BCUT2D eigenvalue weighted by Gasteiger charge is 2.30. The van der Waals surface area contributed by atoms with Crippen LogP contribution in [0.4, 0.5) is 0 Å². The molecule has 1 aliphatic heterocycles. The Hall–Kier alpha value is -0.570. The van der Waals surface area contributed by atoms with Gasteiger partial charge >= 0.3 is 5.97 Å². The Kier molecular flexibility index (Phi) is 1.71. The van der Waals surface area contributed by atoms with Gasteiger partial charge < -0.3 is 9.84 Å². The summed E-state index contributed by atoms with van der Waals surface area (Å²) in [5, 5.41) is 8.30. The lowest BCUT2D eigenvalue weighted by Gasteiger charge is -2.00. The number of carboxylic acids is 1. The van der Waals surface area contributed by atoms with Gasteiger partial charge in [0.25, 0.3) is 0 Å². The second-order valence-corrected chi connectivity index (χ2v) is 2.45. The minimum absolute atomic E-state index is 0.183. The predicted octanol–water partition coefficient (Wildman–Crippen LogP) is 0.496. The van der Waals surface area contributed by atoms with Crippen molar-refractivity contribution in [1.82, 2.24) is 0 Å². The Balaban J connectivity index is 2.17. The molecular weight excluding hydrogens is 120 g/mol. The van der Waals surface area contributed by atoms with Gasteiger partial charge in [-0.05, 0) is 5.92 Å². The van der Waals surface area contributed by atoms with Gasteiger partial charge in [0.2, 0.25) is 0 Å². The molecule has 0 bridgehead atoms. The molecule has 2 unspecified atom stereocenters. The first-order valence-electron chi connectivity index (χ1n) is 3.03. The van der Waals surface area contributed by atoms with Crippen LogP contribution < -0.4 is 0 Å². The SMILES string of the molecule is CC(CC(=O)O)C1CO1. The molecule has 0 amide bonds. The van der Waals surface area contributed by atoms with E-state index in [0.29, 0.717) is 0 Å². The molecule has 0 saturated carbocycles. The maximum Gasteiger partial charge on any atom is 0.303 e. The molecule has 0 aromatic carbocycles. The number of hydrogen-bond acceptors (Lipinski definition) is 2. The number of aliphatic carboxylic acids is 1. The average Bonchev–Trinajstić information content (AvgIpc) is 2.40. The van der Waals surface area contributed by atoms with E-state index in [-0.39, 0.29) is 18.4 Å². The van der Waals surface area contributed by atoms with Gasteiger partial charge in [-0.3, -0.25) is 4.79 Å². The van der Waals surface area contributed by atoms with Gasteiger partial charge in [-0.2, -0.15) is 0 Å². The quantitative estimate of drug-likeness (QED) is 0.566. The molecule has 0 spiro atoms. The third-order valence-corrected chi connectivity index (χ3v) is 1.49. The lowest BCUT2D eigenvalue weighted by atomic mass is 10.1. The summed E-state index contributed by atoms with van der Waals surface area (Å²) in [6.07, 6.45) is 0.450. The van der Waals surface area contributed by atoms with Crippen LogP contribution in [0.25, 0.3) is 0 Å². The number of ether oxygens (including phenoxy) is 1. The van der Waals surface area contributed by atoms with Crippen molar-refractivity contribution in [3.05, 3.63) is 0 Å². The highest BCUT2D eigenvalue weighted by Crippen LogP contribution is 2.21. The standard InChI is InChI=1S/C6H10O3/c1-4(2-6(7)8)5-3-9-5/h4-5H,2-3H2,1H3,(H,7,8). The molecule has 0 aromatic rings. The van der Waals surface area contributed by atoms with Crippen LogP contribution in [0.1, 0.15) is 13.3 Å². The van der Waals surface area contributed by atoms with Crippen LogP contribution in [0.15, 0.2) is 0 Å². The Morgan fingerprint density at radius 2 is 2.56 bits per heavy atom. The number of epoxide rings is 1. The van der Waals surface area contributed by atoms with E-state index in [1.807, 2.05) is 6.92 Å². The van der Waals surface area contributed by atoms with Crippen LogP contribution in [0.5, 0.6) is 0 Å². The first-order chi connectivity index (χ1) is 4.20. The van der Waals surface area contributed by atoms with Crippen molar-refractivity contribution < 1.29 is 14.6 Å². The molecule has 1 fully saturated rings. The van der Waals surface area contributed by atoms with Crippen molar-refractivity contribution in [1.29, 1.82) is 0 Å². The summed E-state index contributed by atoms with van der Waals surface area (Å²) in [4.78, 5) is 10.1. The molecular formula is C6H10O3. The minimum Gasteiger partial charge on any atom is -0.481 e. The zero-order valence-corrected chi connectivity index (χ0v) is 5.33. The van der Waals surface area contributed by atoms with E-state index in [9.17, 15) is 4.79 Å². The lowest BCUT2D eigenvalue weighted by Crippen LogP contribution is -2.09. The highest BCUT2D eigenvalue weighted by molar-refractivity contribution is 5.67. The van der Waals surface area contributed by atoms with Crippen LogP contribution in [0, 0.1) is 5.92 Å². The Morgan fingerprint density at radius 3 is 2.89 bits per heavy atom. The van der Waals surface area contributed by atoms with Crippen LogP contribution in [0.3, 0.4) is 0 Å². The van der Waals surface area contributed by atoms with Crippen molar-refractivity contribution >= 4 is 5.97 Å². The zero-order valence-electron chi connectivity index (χ0n) is 5.33. The molecule has 1 saturated heterocycles. The van der Waals surface area contributed by atoms with Crippen LogP contribution >= 0.6 is 0 Å². The van der Waals surface area contributed by atoms with Gasteiger partial charge in [0.15, 0.2) is 0 Å². The zero-order chi connectivity index (χ0) is 6.85. The molecule has 1 N–H and O–H groups in total. The van der Waals surface area contributed by atoms with E-state index in [1.54, 1.807) is 0 Å². The van der Waals surface area contributed by atoms with E-state index < -0.39 is 5.97 Å². The first kappa shape index (κ1) is 6.55. The monoisotopic (exact) mass is 130 g/mol. The molecule has 0 aromatic heterocycles. The summed E-state index contributed by atoms with van der Waals surface area (Å²) in [6, 6.07) is 0. The molecule has 1 rings (SSSR count). The highest BCUT2D eigenvalue weighted by atomic mass is 16.6. The van der Waals surface area contributed by atoms with Crippen LogP contribution in [-0.4, -0.2) is 23.8 Å². The van der Waals surface area contributed by atoms with Crippen molar-refractivity contribution in [2.24, 2.45) is 5.92 Å². The van der Waals surface area contributed by atoms with Gasteiger partial charge in [-0.1, -0.05) is 6.92 Å². The fraction of sp³-hybridized carbons (Fsp3) is 0.833. The molecule has 1 aliphatic rings. The van der Waals surface area contributed by atoms with Crippen molar-refractivity contribution in [2.75, 3.05) is 6.61 Å². The third kappa shape index (κ3) is 2.01. The molecule has 52 valence electrons. The summed E-state index contributed by atoms with van der Waals surface area (Å²) >= 11 is 0. The predicted molar refractivity (Wildman–Crippen MR) is 31.2 cm³/mol. The maximum atomic E-state index is 10.1. The Labute approximate surface area is 53.6 Å². The van der Waals surface area contributed by atoms with E-state index in [4.69, 9.17) is 9.84 Å². The van der Waals surface area contributed by atoms with Crippen LogP contribution in [-0.2, 0) is 9.53 Å². The second kappa shape index (κ2) is 2.35. The molecule has 3 nitrogen and oxygen atoms in total. The van der Waals surface area contributed by atoms with Gasteiger partial charge in [0.05, 0.1) is 19.1 Å². The van der Waals surface area contributed by atoms with Crippen molar-refractivity contribution in [3.8, 4) is 0 Å². The minimum atomic E-state index is -0.738. The van der Waals surface area contributed by atoms with Gasteiger partial charge in [-0.25, -0.2) is 0 Å². The molecule has 1 heterocycles. The summed E-state index contributed by atoms with van der Waals surface area (Å²) in [5.41, 5.74) is 0. The molecule has 0 radical (unpaired) electrons. The Bertz CT molecular complexity index is 117. The van der Waals surface area contributed by atoms with Crippen molar-refractivity contribution in [2.45, 2.75) is 19.4 Å². The topological polar surface area (TPSA) is 49.8 Å². The fourth-order valence-corrected chi connectivity index (χ4v) is 0.791. The van der Waals surface area contributed by atoms with Gasteiger partial charge in [0.1, 0.15) is 0 Å². The average molecular weight is 130 g/mol. The van der Waals surface area contributed by atoms with E-state index >= 15 is 0 Å². The Morgan fingerprint density at radius 1 is 2.00 bits per heavy atom. The summed E-state index contributed by atoms with van der Waals surface area (Å²) < 4.78 is 4.91. The number of carboxylic acid groups (broad SMARTS) is 1. The maximum absolute atomic E-state index is 10.1. The normalized spacial score (nSPS) is 27.4. The lowest BCUT2D eigenvalue weighted by molar-refractivity contribution is -0.138. The number of hydrogen-bond donors (Lipinski definition) is 1. The summed E-state index contributed by atoms with van der Waals surface area (Å²) in [5.74, 6) is -0.555. The van der Waals surface area contributed by atoms with E-state index in [1.165, 1.54) is 0 Å². The summed E-state index contributed by atoms with van der Waals surface area (Å²) in [7, 11) is 0. The third-order valence-electron chi connectivity index (χ3n) is 1.49.